The van der Waals surface area contributed by atoms with E-state index < -0.39 is 22.8 Å². The van der Waals surface area contributed by atoms with Gasteiger partial charge >= 0.3 is 0 Å². The van der Waals surface area contributed by atoms with Crippen molar-refractivity contribution in [1.82, 2.24) is 9.97 Å². The van der Waals surface area contributed by atoms with Crippen LogP contribution in [0.15, 0.2) is 66.7 Å². The Bertz CT molecular complexity index is 1600. The van der Waals surface area contributed by atoms with E-state index in [-0.39, 0.29) is 11.6 Å². The summed E-state index contributed by atoms with van der Waals surface area (Å²) in [5, 5.41) is 3.20. The standard InChI is InChI=1S/C28H30N6O5S/c1-38-21-14-18(15-22(17-21)39-2)30-27-28(32-24-11-4-3-10-23(24)31-27)34(40(36)37)20-9-7-8-19(16-20)33-13-6-5-12-25(33)26(29)35/h3-4,7-11,14-17,25,40H,5-6,12-13H2,1-2H3,(H2,29,35)(H,30,31). The van der Waals surface area contributed by atoms with Crippen molar-refractivity contribution in [2.75, 3.05) is 35.3 Å². The summed E-state index contributed by atoms with van der Waals surface area (Å²) >= 11 is 0. The lowest BCUT2D eigenvalue weighted by Crippen LogP contribution is -2.47. The number of methoxy groups -OCH3 is 2. The lowest BCUT2D eigenvalue weighted by molar-refractivity contribution is -0.119. The number of piperidine rings is 1. The third-order valence-electron chi connectivity index (χ3n) is 6.77. The number of amides is 1. The fourth-order valence-electron chi connectivity index (χ4n) is 4.87. The molecule has 3 N–H and O–H groups in total. The summed E-state index contributed by atoms with van der Waals surface area (Å²) in [6.45, 7) is 0.640. The number of benzene rings is 3. The van der Waals surface area contributed by atoms with Gasteiger partial charge in [-0.1, -0.05) is 18.2 Å². The summed E-state index contributed by atoms with van der Waals surface area (Å²) in [5.74, 6) is 0.979. The molecule has 11 nitrogen and oxygen atoms in total. The molecule has 0 radical (unpaired) electrons. The number of nitrogens with zero attached hydrogens (tertiary/aromatic N) is 4. The van der Waals surface area contributed by atoms with Crippen LogP contribution in [0.25, 0.3) is 11.0 Å². The molecule has 5 rings (SSSR count). The SMILES string of the molecule is COc1cc(Nc2nc3ccccc3nc2N(c2cccc(N3CCCCC3C(N)=O)c2)[SH](=O)=O)cc(OC)c1. The third-order valence-corrected chi connectivity index (χ3v) is 7.51. The maximum atomic E-state index is 12.8. The number of thiol groups is 1. The number of ether oxygens (including phenoxy) is 2. The first-order chi connectivity index (χ1) is 19.4. The first-order valence-electron chi connectivity index (χ1n) is 12.8. The van der Waals surface area contributed by atoms with Crippen LogP contribution in [-0.2, 0) is 15.7 Å². The minimum atomic E-state index is -3.20. The highest BCUT2D eigenvalue weighted by molar-refractivity contribution is 7.74. The number of fused-ring (bicyclic) bond motifs is 1. The quantitative estimate of drug-likeness (QED) is 0.259. The highest BCUT2D eigenvalue weighted by Crippen LogP contribution is 2.37. The number of nitrogens with one attached hydrogen (secondary N) is 1. The Morgan fingerprint density at radius 2 is 1.68 bits per heavy atom. The Morgan fingerprint density at radius 1 is 0.975 bits per heavy atom. The van der Waals surface area contributed by atoms with Crippen molar-refractivity contribution in [3.63, 3.8) is 0 Å². The van der Waals surface area contributed by atoms with Gasteiger partial charge in [0.1, 0.15) is 17.5 Å². The molecule has 1 saturated heterocycles. The van der Waals surface area contributed by atoms with Crippen LogP contribution in [0.4, 0.5) is 28.7 Å². The summed E-state index contributed by atoms with van der Waals surface area (Å²) in [5.41, 5.74) is 8.40. The molecule has 1 aliphatic rings. The predicted molar refractivity (Wildman–Crippen MR) is 155 cm³/mol. The van der Waals surface area contributed by atoms with Gasteiger partial charge in [0.05, 0.1) is 30.9 Å². The average Bonchev–Trinajstić information content (AvgIpc) is 2.97. The van der Waals surface area contributed by atoms with E-state index in [0.29, 0.717) is 52.6 Å². The zero-order chi connectivity index (χ0) is 28.2. The zero-order valence-electron chi connectivity index (χ0n) is 22.1. The maximum absolute atomic E-state index is 12.8. The maximum Gasteiger partial charge on any atom is 0.240 e. The monoisotopic (exact) mass is 562 g/mol. The molecule has 2 heterocycles. The number of rotatable bonds is 9. The summed E-state index contributed by atoms with van der Waals surface area (Å²) in [6.07, 6.45) is 2.45. The van der Waals surface area contributed by atoms with Gasteiger partial charge in [0.15, 0.2) is 11.6 Å². The minimum absolute atomic E-state index is 0.0823. The molecule has 1 atom stereocenters. The van der Waals surface area contributed by atoms with Gasteiger partial charge < -0.3 is 25.4 Å². The van der Waals surface area contributed by atoms with Crippen molar-refractivity contribution in [2.45, 2.75) is 25.3 Å². The van der Waals surface area contributed by atoms with E-state index in [4.69, 9.17) is 25.2 Å². The Hall–Kier alpha value is -4.58. The van der Waals surface area contributed by atoms with E-state index in [1.54, 1.807) is 62.8 Å². The number of hydrogen-bond donors (Lipinski definition) is 3. The molecule has 0 saturated carbocycles. The average molecular weight is 563 g/mol. The normalized spacial score (nSPS) is 15.2. The minimum Gasteiger partial charge on any atom is -0.497 e. The van der Waals surface area contributed by atoms with Crippen molar-refractivity contribution in [1.29, 1.82) is 0 Å². The second-order valence-electron chi connectivity index (χ2n) is 9.29. The number of primary amides is 1. The van der Waals surface area contributed by atoms with Gasteiger partial charge in [0.2, 0.25) is 16.8 Å². The van der Waals surface area contributed by atoms with Crippen molar-refractivity contribution in [3.8, 4) is 11.5 Å². The molecule has 208 valence electrons. The van der Waals surface area contributed by atoms with Gasteiger partial charge in [-0.3, -0.25) is 4.79 Å². The van der Waals surface area contributed by atoms with Crippen LogP contribution in [0.1, 0.15) is 19.3 Å². The molecule has 1 unspecified atom stereocenters. The Morgan fingerprint density at radius 3 is 2.33 bits per heavy atom. The molecule has 12 heteroatoms. The summed E-state index contributed by atoms with van der Waals surface area (Å²) < 4.78 is 37.6. The predicted octanol–water partition coefficient (Wildman–Crippen LogP) is 3.90. The number of aromatic nitrogens is 2. The van der Waals surface area contributed by atoms with Gasteiger partial charge in [-0.05, 0) is 49.6 Å². The summed E-state index contributed by atoms with van der Waals surface area (Å²) in [4.78, 5) is 23.5. The van der Waals surface area contributed by atoms with Crippen LogP contribution in [0.2, 0.25) is 0 Å². The van der Waals surface area contributed by atoms with E-state index in [1.807, 2.05) is 23.1 Å². The number of hydrogen-bond acceptors (Lipinski definition) is 9. The number of carbonyl (C=O) groups is 1. The van der Waals surface area contributed by atoms with Crippen LogP contribution < -0.4 is 29.7 Å². The van der Waals surface area contributed by atoms with Gasteiger partial charge in [0.25, 0.3) is 0 Å². The van der Waals surface area contributed by atoms with E-state index in [2.05, 4.69) is 5.32 Å². The number of anilines is 5. The Kier molecular flexibility index (Phi) is 7.87. The molecule has 1 fully saturated rings. The number of carbonyl (C=O) groups excluding carboxylic acids is 1. The highest BCUT2D eigenvalue weighted by Gasteiger charge is 2.28. The van der Waals surface area contributed by atoms with Gasteiger partial charge in [-0.25, -0.2) is 22.7 Å². The first kappa shape index (κ1) is 27.0. The lowest BCUT2D eigenvalue weighted by atomic mass is 10.0. The smallest absolute Gasteiger partial charge is 0.240 e. The molecule has 1 aliphatic heterocycles. The first-order valence-corrected chi connectivity index (χ1v) is 13.9. The van der Waals surface area contributed by atoms with Crippen molar-refractivity contribution >= 4 is 56.5 Å². The molecule has 3 aromatic carbocycles. The van der Waals surface area contributed by atoms with Gasteiger partial charge in [-0.2, -0.15) is 0 Å². The second-order valence-corrected chi connectivity index (χ2v) is 10.2. The van der Waals surface area contributed by atoms with Crippen LogP contribution in [-0.4, -0.2) is 51.1 Å². The molecular formula is C28H30N6O5S. The van der Waals surface area contributed by atoms with Crippen molar-refractivity contribution in [2.24, 2.45) is 5.73 Å². The molecule has 1 aromatic heterocycles. The fourth-order valence-corrected chi connectivity index (χ4v) is 5.48. The molecule has 0 spiro atoms. The molecule has 4 aromatic rings. The number of nitrogens with two attached hydrogens (primary N) is 1. The van der Waals surface area contributed by atoms with Crippen LogP contribution in [0.3, 0.4) is 0 Å². The molecule has 0 aliphatic carbocycles. The highest BCUT2D eigenvalue weighted by atomic mass is 32.2. The lowest BCUT2D eigenvalue weighted by Gasteiger charge is -2.36. The van der Waals surface area contributed by atoms with Crippen molar-refractivity contribution < 1.29 is 22.7 Å². The van der Waals surface area contributed by atoms with Crippen LogP contribution in [0.5, 0.6) is 11.5 Å². The van der Waals surface area contributed by atoms with Gasteiger partial charge in [-0.15, -0.1) is 0 Å². The van der Waals surface area contributed by atoms with Gasteiger partial charge in [0, 0.05) is 36.1 Å². The third kappa shape index (κ3) is 5.57. The van der Waals surface area contributed by atoms with Crippen molar-refractivity contribution in [3.05, 3.63) is 66.7 Å². The van der Waals surface area contributed by atoms with Crippen LogP contribution in [0, 0.1) is 0 Å². The summed E-state index contributed by atoms with van der Waals surface area (Å²) in [6, 6.07) is 18.9. The van der Waals surface area contributed by atoms with E-state index in [9.17, 15) is 13.2 Å². The molecule has 0 bridgehead atoms. The largest absolute Gasteiger partial charge is 0.497 e. The van der Waals surface area contributed by atoms with Crippen LogP contribution >= 0.6 is 0 Å². The number of para-hydroxylation sites is 2. The summed E-state index contributed by atoms with van der Waals surface area (Å²) in [7, 11) is -0.117. The molecular weight excluding hydrogens is 532 g/mol. The zero-order valence-corrected chi connectivity index (χ0v) is 23.0. The van der Waals surface area contributed by atoms with E-state index in [1.165, 1.54) is 0 Å². The van der Waals surface area contributed by atoms with E-state index >= 15 is 0 Å². The fraction of sp³-hybridized carbons (Fsp3) is 0.250. The molecule has 40 heavy (non-hydrogen) atoms. The van der Waals surface area contributed by atoms with E-state index in [0.717, 1.165) is 17.1 Å². The second kappa shape index (κ2) is 11.7. The Labute approximate surface area is 233 Å². The topological polar surface area (TPSA) is 140 Å². The Balaban J connectivity index is 1.63. The molecule has 1 amide bonds.